The molecule has 0 unspecified atom stereocenters. The normalized spacial score (nSPS) is 11.8. The van der Waals surface area contributed by atoms with Crippen LogP contribution in [0.1, 0.15) is 11.3 Å². The Bertz CT molecular complexity index is 367. The summed E-state index contributed by atoms with van der Waals surface area (Å²) in [6.07, 6.45) is 2.84. The molecule has 1 aromatic heterocycles. The average Bonchev–Trinajstić information content (AvgIpc) is 2.33. The summed E-state index contributed by atoms with van der Waals surface area (Å²) in [5, 5.41) is 0. The van der Waals surface area contributed by atoms with Crippen molar-refractivity contribution in [1.82, 2.24) is 0 Å². The third-order valence-corrected chi connectivity index (χ3v) is 4.28. The first-order valence-electron chi connectivity index (χ1n) is 3.89. The maximum atomic E-state index is 10.8. The molecule has 0 aliphatic rings. The van der Waals surface area contributed by atoms with Crippen LogP contribution in [-0.4, -0.2) is 20.4 Å². The van der Waals surface area contributed by atoms with Gasteiger partial charge in [-0.3, -0.25) is 0 Å². The van der Waals surface area contributed by atoms with Crippen LogP contribution in [0.3, 0.4) is 0 Å². The van der Waals surface area contributed by atoms with Crippen LogP contribution in [0.25, 0.3) is 0 Å². The monoisotopic (exact) mass is 282 g/mol. The number of hydrogen-bond donors (Lipinski definition) is 0. The zero-order valence-corrected chi connectivity index (χ0v) is 10.5. The first-order chi connectivity index (χ1) is 5.97. The minimum atomic E-state index is -2.79. The van der Waals surface area contributed by atoms with Crippen molar-refractivity contribution in [3.05, 3.63) is 20.8 Å². The van der Waals surface area contributed by atoms with E-state index in [1.807, 2.05) is 12.1 Å². The van der Waals surface area contributed by atoms with Gasteiger partial charge in [-0.1, -0.05) is 0 Å². The molecule has 5 heteroatoms. The molecule has 0 saturated heterocycles. The molecule has 0 bridgehead atoms. The first kappa shape index (κ1) is 11.2. The predicted octanol–water partition coefficient (Wildman–Crippen LogP) is 2.49. The number of sulfone groups is 1. The number of aryl methyl sites for hydroxylation is 1. The molecular weight excluding hydrogens is 272 g/mol. The Hall–Kier alpha value is 0.130. The van der Waals surface area contributed by atoms with Gasteiger partial charge < -0.3 is 0 Å². The topological polar surface area (TPSA) is 34.1 Å². The Morgan fingerprint density at radius 2 is 2.15 bits per heavy atom. The van der Waals surface area contributed by atoms with Gasteiger partial charge in [-0.2, -0.15) is 0 Å². The summed E-state index contributed by atoms with van der Waals surface area (Å²) >= 11 is 5.02. The van der Waals surface area contributed by atoms with E-state index >= 15 is 0 Å². The van der Waals surface area contributed by atoms with Gasteiger partial charge in [0.1, 0.15) is 9.84 Å². The van der Waals surface area contributed by atoms with Crippen molar-refractivity contribution in [3.8, 4) is 0 Å². The Morgan fingerprint density at radius 3 is 2.62 bits per heavy atom. The second kappa shape index (κ2) is 4.57. The van der Waals surface area contributed by atoms with E-state index in [0.29, 0.717) is 6.42 Å². The molecule has 0 aliphatic carbocycles. The highest BCUT2D eigenvalue weighted by molar-refractivity contribution is 9.11. The first-order valence-corrected chi connectivity index (χ1v) is 7.56. The summed E-state index contributed by atoms with van der Waals surface area (Å²) < 4.78 is 22.7. The minimum absolute atomic E-state index is 0.280. The molecule has 1 heterocycles. The van der Waals surface area contributed by atoms with E-state index < -0.39 is 9.84 Å². The average molecular weight is 283 g/mol. The highest BCUT2D eigenvalue weighted by Gasteiger charge is 2.03. The molecule has 0 N–H and O–H groups in total. The Morgan fingerprint density at radius 1 is 1.46 bits per heavy atom. The lowest BCUT2D eigenvalue weighted by Gasteiger charge is -1.96. The minimum Gasteiger partial charge on any atom is -0.229 e. The van der Waals surface area contributed by atoms with Gasteiger partial charge >= 0.3 is 0 Å². The number of rotatable bonds is 4. The van der Waals surface area contributed by atoms with Crippen molar-refractivity contribution < 1.29 is 8.42 Å². The lowest BCUT2D eigenvalue weighted by Crippen LogP contribution is -2.03. The zero-order chi connectivity index (χ0) is 9.90. The highest BCUT2D eigenvalue weighted by atomic mass is 79.9. The van der Waals surface area contributed by atoms with Crippen LogP contribution in [0, 0.1) is 0 Å². The third-order valence-electron chi connectivity index (χ3n) is 1.57. The molecule has 0 aliphatic heterocycles. The molecule has 74 valence electrons. The summed E-state index contributed by atoms with van der Waals surface area (Å²) in [6, 6.07) is 4.01. The SMILES string of the molecule is CS(=O)(=O)CCCc1ccc(Br)s1. The van der Waals surface area contributed by atoms with Crippen LogP contribution in [0.2, 0.25) is 0 Å². The van der Waals surface area contributed by atoms with Crippen LogP contribution in [0.5, 0.6) is 0 Å². The van der Waals surface area contributed by atoms with Crippen LogP contribution in [-0.2, 0) is 16.3 Å². The standard InChI is InChI=1S/C8H11BrO2S2/c1-13(10,11)6-2-3-7-4-5-8(9)12-7/h4-5H,2-3,6H2,1H3. The Kier molecular flexibility index (Phi) is 3.94. The molecule has 13 heavy (non-hydrogen) atoms. The summed E-state index contributed by atoms with van der Waals surface area (Å²) in [6.45, 7) is 0. The second-order valence-corrected chi connectivity index (χ2v) is 7.75. The van der Waals surface area contributed by atoms with Crippen molar-refractivity contribution in [1.29, 1.82) is 0 Å². The van der Waals surface area contributed by atoms with Crippen molar-refractivity contribution in [2.24, 2.45) is 0 Å². The fraction of sp³-hybridized carbons (Fsp3) is 0.500. The van der Waals surface area contributed by atoms with Gasteiger partial charge in [-0.05, 0) is 40.9 Å². The molecule has 2 nitrogen and oxygen atoms in total. The van der Waals surface area contributed by atoms with E-state index in [4.69, 9.17) is 0 Å². The molecule has 0 fully saturated rings. The van der Waals surface area contributed by atoms with Crippen LogP contribution in [0.4, 0.5) is 0 Å². The fourth-order valence-electron chi connectivity index (χ4n) is 0.995. The van der Waals surface area contributed by atoms with Crippen LogP contribution in [0.15, 0.2) is 15.9 Å². The van der Waals surface area contributed by atoms with Crippen molar-refractivity contribution in [2.75, 3.05) is 12.0 Å². The molecular formula is C8H11BrO2S2. The van der Waals surface area contributed by atoms with E-state index in [2.05, 4.69) is 15.9 Å². The third kappa shape index (κ3) is 4.78. The molecule has 0 radical (unpaired) electrons. The predicted molar refractivity (Wildman–Crippen MR) is 60.1 cm³/mol. The molecule has 0 atom stereocenters. The van der Waals surface area contributed by atoms with E-state index in [0.717, 1.165) is 10.2 Å². The quantitative estimate of drug-likeness (QED) is 0.850. The molecule has 0 aromatic carbocycles. The Balaban J connectivity index is 2.36. The molecule has 0 saturated carbocycles. The van der Waals surface area contributed by atoms with Gasteiger partial charge in [0, 0.05) is 11.1 Å². The lowest BCUT2D eigenvalue weighted by molar-refractivity contribution is 0.599. The van der Waals surface area contributed by atoms with Gasteiger partial charge in [0.05, 0.1) is 9.54 Å². The van der Waals surface area contributed by atoms with Crippen LogP contribution >= 0.6 is 27.3 Å². The highest BCUT2D eigenvalue weighted by Crippen LogP contribution is 2.23. The van der Waals surface area contributed by atoms with E-state index in [-0.39, 0.29) is 5.75 Å². The maximum absolute atomic E-state index is 10.8. The Labute approximate surface area is 91.0 Å². The fourth-order valence-corrected chi connectivity index (χ4v) is 3.19. The van der Waals surface area contributed by atoms with Crippen LogP contribution < -0.4 is 0 Å². The summed E-state index contributed by atoms with van der Waals surface area (Å²) in [5.41, 5.74) is 0. The second-order valence-electron chi connectivity index (χ2n) is 2.94. The molecule has 0 amide bonds. The smallest absolute Gasteiger partial charge is 0.147 e. The molecule has 1 rings (SSSR count). The molecule has 1 aromatic rings. The van der Waals surface area contributed by atoms with Gasteiger partial charge in [0.15, 0.2) is 0 Å². The lowest BCUT2D eigenvalue weighted by atomic mass is 10.3. The van der Waals surface area contributed by atoms with Crippen molar-refractivity contribution in [3.63, 3.8) is 0 Å². The summed E-state index contributed by atoms with van der Waals surface area (Å²) in [7, 11) is -2.79. The van der Waals surface area contributed by atoms with Gasteiger partial charge in [0.25, 0.3) is 0 Å². The van der Waals surface area contributed by atoms with Gasteiger partial charge in [0.2, 0.25) is 0 Å². The number of thiophene rings is 1. The van der Waals surface area contributed by atoms with E-state index in [1.165, 1.54) is 11.1 Å². The van der Waals surface area contributed by atoms with E-state index in [9.17, 15) is 8.42 Å². The molecule has 0 spiro atoms. The summed E-state index contributed by atoms with van der Waals surface area (Å²) in [5.74, 6) is 0.280. The largest absolute Gasteiger partial charge is 0.229 e. The van der Waals surface area contributed by atoms with E-state index in [1.54, 1.807) is 11.3 Å². The number of halogens is 1. The maximum Gasteiger partial charge on any atom is 0.147 e. The van der Waals surface area contributed by atoms with Gasteiger partial charge in [-0.25, -0.2) is 8.42 Å². The van der Waals surface area contributed by atoms with Crippen molar-refractivity contribution >= 4 is 37.1 Å². The van der Waals surface area contributed by atoms with Gasteiger partial charge in [-0.15, -0.1) is 11.3 Å². The summed E-state index contributed by atoms with van der Waals surface area (Å²) in [4.78, 5) is 1.23. The zero-order valence-electron chi connectivity index (χ0n) is 7.29. The van der Waals surface area contributed by atoms with Crippen molar-refractivity contribution in [2.45, 2.75) is 12.8 Å². The number of hydrogen-bond acceptors (Lipinski definition) is 3.